The van der Waals surface area contributed by atoms with E-state index in [1.807, 2.05) is 0 Å². The van der Waals surface area contributed by atoms with Crippen LogP contribution < -0.4 is 9.47 Å². The zero-order valence-corrected chi connectivity index (χ0v) is 17.7. The standard InChI is InChI=1S/C23H14BrNO6/c1-13-19(31-23(27)15-4-6-16(24)7-5-15)11-10-18-21(26)20(30-22(13)18)12-14-2-8-17(9-3-14)25(28)29/h2-12H,1H3/b20-12-. The maximum absolute atomic E-state index is 12.7. The molecule has 0 saturated heterocycles. The first kappa shape index (κ1) is 20.5. The van der Waals surface area contributed by atoms with Crippen molar-refractivity contribution in [3.05, 3.63) is 103 Å². The molecule has 0 bridgehead atoms. The maximum Gasteiger partial charge on any atom is 0.343 e. The molecule has 8 heteroatoms. The monoisotopic (exact) mass is 479 g/mol. The molecule has 0 saturated carbocycles. The summed E-state index contributed by atoms with van der Waals surface area (Å²) in [6.45, 7) is 1.70. The van der Waals surface area contributed by atoms with E-state index in [9.17, 15) is 19.7 Å². The molecule has 154 valence electrons. The Hall–Kier alpha value is -3.78. The van der Waals surface area contributed by atoms with Crippen LogP contribution in [0.3, 0.4) is 0 Å². The minimum absolute atomic E-state index is 0.0443. The molecule has 0 N–H and O–H groups in total. The summed E-state index contributed by atoms with van der Waals surface area (Å²) in [6.07, 6.45) is 1.51. The normalized spacial score (nSPS) is 13.6. The number of nitro benzene ring substituents is 1. The molecule has 0 aliphatic carbocycles. The number of esters is 1. The van der Waals surface area contributed by atoms with E-state index in [1.54, 1.807) is 43.3 Å². The number of hydrogen-bond acceptors (Lipinski definition) is 6. The Bertz CT molecular complexity index is 1250. The third-order valence-electron chi connectivity index (χ3n) is 4.72. The Balaban J connectivity index is 1.58. The first-order valence-corrected chi connectivity index (χ1v) is 9.93. The molecule has 1 aliphatic rings. The Morgan fingerprint density at radius 1 is 1.06 bits per heavy atom. The lowest BCUT2D eigenvalue weighted by Crippen LogP contribution is -2.09. The van der Waals surface area contributed by atoms with Crippen molar-refractivity contribution in [2.24, 2.45) is 0 Å². The highest BCUT2D eigenvalue weighted by Gasteiger charge is 2.30. The number of ketones is 1. The number of allylic oxidation sites excluding steroid dienone is 1. The van der Waals surface area contributed by atoms with Gasteiger partial charge in [-0.1, -0.05) is 15.9 Å². The van der Waals surface area contributed by atoms with Crippen molar-refractivity contribution in [3.8, 4) is 11.5 Å². The van der Waals surface area contributed by atoms with Crippen molar-refractivity contribution in [2.75, 3.05) is 0 Å². The number of rotatable bonds is 4. The number of benzene rings is 3. The summed E-state index contributed by atoms with van der Waals surface area (Å²) in [5, 5.41) is 10.8. The number of ether oxygens (including phenoxy) is 2. The molecule has 0 fully saturated rings. The van der Waals surface area contributed by atoms with E-state index in [2.05, 4.69) is 15.9 Å². The average Bonchev–Trinajstić information content (AvgIpc) is 3.07. The molecule has 0 aromatic heterocycles. The van der Waals surface area contributed by atoms with Crippen molar-refractivity contribution >= 4 is 39.4 Å². The predicted octanol–water partition coefficient (Wildman–Crippen LogP) is 5.50. The highest BCUT2D eigenvalue weighted by Crippen LogP contribution is 2.39. The number of carbonyl (C=O) groups is 2. The number of nitrogens with zero attached hydrogens (tertiary/aromatic N) is 1. The van der Waals surface area contributed by atoms with Gasteiger partial charge in [-0.3, -0.25) is 14.9 Å². The molecule has 7 nitrogen and oxygen atoms in total. The van der Waals surface area contributed by atoms with Gasteiger partial charge in [0, 0.05) is 22.2 Å². The second-order valence-electron chi connectivity index (χ2n) is 6.75. The summed E-state index contributed by atoms with van der Waals surface area (Å²) in [5.74, 6) is -0.151. The Labute approximate surface area is 185 Å². The topological polar surface area (TPSA) is 95.7 Å². The average molecular weight is 480 g/mol. The molecule has 0 unspecified atom stereocenters. The van der Waals surface area contributed by atoms with E-state index in [-0.39, 0.29) is 23.0 Å². The fourth-order valence-corrected chi connectivity index (χ4v) is 3.33. The summed E-state index contributed by atoms with van der Waals surface area (Å²) in [6, 6.07) is 15.6. The molecule has 0 spiro atoms. The van der Waals surface area contributed by atoms with E-state index in [0.717, 1.165) is 4.47 Å². The number of hydrogen-bond donors (Lipinski definition) is 0. The molecule has 3 aromatic rings. The highest BCUT2D eigenvalue weighted by atomic mass is 79.9. The van der Waals surface area contributed by atoms with Gasteiger partial charge in [-0.15, -0.1) is 0 Å². The molecule has 0 radical (unpaired) electrons. The van der Waals surface area contributed by atoms with Crippen molar-refractivity contribution in [1.29, 1.82) is 0 Å². The van der Waals surface area contributed by atoms with E-state index in [1.165, 1.54) is 30.3 Å². The zero-order chi connectivity index (χ0) is 22.1. The van der Waals surface area contributed by atoms with Gasteiger partial charge in [-0.2, -0.15) is 0 Å². The van der Waals surface area contributed by atoms with Gasteiger partial charge in [0.05, 0.1) is 16.1 Å². The van der Waals surface area contributed by atoms with Gasteiger partial charge in [-0.25, -0.2) is 4.79 Å². The molecule has 4 rings (SSSR count). The minimum Gasteiger partial charge on any atom is -0.452 e. The summed E-state index contributed by atoms with van der Waals surface area (Å²) in [5.41, 5.74) is 1.80. The van der Waals surface area contributed by atoms with Gasteiger partial charge in [0.25, 0.3) is 5.69 Å². The minimum atomic E-state index is -0.526. The fourth-order valence-electron chi connectivity index (χ4n) is 3.07. The summed E-state index contributed by atoms with van der Waals surface area (Å²) in [4.78, 5) is 35.4. The Kier molecular flexibility index (Phi) is 5.39. The molecule has 31 heavy (non-hydrogen) atoms. The van der Waals surface area contributed by atoms with Crippen molar-refractivity contribution in [1.82, 2.24) is 0 Å². The van der Waals surface area contributed by atoms with Gasteiger partial charge in [0.1, 0.15) is 11.5 Å². The fraction of sp³-hybridized carbons (Fsp3) is 0.0435. The predicted molar refractivity (Wildman–Crippen MR) is 116 cm³/mol. The van der Waals surface area contributed by atoms with Crippen LogP contribution in [0.15, 0.2) is 70.9 Å². The Morgan fingerprint density at radius 2 is 1.74 bits per heavy atom. The van der Waals surface area contributed by atoms with Gasteiger partial charge in [-0.05, 0) is 67.1 Å². The van der Waals surface area contributed by atoms with Gasteiger partial charge in [0.2, 0.25) is 5.78 Å². The lowest BCUT2D eigenvalue weighted by atomic mass is 10.1. The largest absolute Gasteiger partial charge is 0.452 e. The van der Waals surface area contributed by atoms with Crippen molar-refractivity contribution < 1.29 is 24.0 Å². The van der Waals surface area contributed by atoms with Gasteiger partial charge >= 0.3 is 5.97 Å². The number of nitro groups is 1. The van der Waals surface area contributed by atoms with E-state index < -0.39 is 10.9 Å². The van der Waals surface area contributed by atoms with Gasteiger partial charge < -0.3 is 9.47 Å². The smallest absolute Gasteiger partial charge is 0.343 e. The quantitative estimate of drug-likeness (QED) is 0.161. The lowest BCUT2D eigenvalue weighted by Gasteiger charge is -2.10. The first-order chi connectivity index (χ1) is 14.8. The van der Waals surface area contributed by atoms with Crippen LogP contribution in [0.4, 0.5) is 5.69 Å². The van der Waals surface area contributed by atoms with E-state index >= 15 is 0 Å². The summed E-state index contributed by atoms with van der Waals surface area (Å²) >= 11 is 3.32. The second-order valence-corrected chi connectivity index (χ2v) is 7.67. The number of Topliss-reactive ketones (excluding diaryl/α,β-unsaturated/α-hetero) is 1. The third-order valence-corrected chi connectivity index (χ3v) is 5.25. The van der Waals surface area contributed by atoms with Crippen LogP contribution >= 0.6 is 15.9 Å². The third kappa shape index (κ3) is 4.10. The van der Waals surface area contributed by atoms with Crippen LogP contribution in [0, 0.1) is 17.0 Å². The number of fused-ring (bicyclic) bond motifs is 1. The van der Waals surface area contributed by atoms with Crippen LogP contribution in [-0.4, -0.2) is 16.7 Å². The molecule has 1 heterocycles. The SMILES string of the molecule is Cc1c(OC(=O)c2ccc(Br)cc2)ccc2c1O/C(=C\c1ccc([N+](=O)[O-])cc1)C2=O. The first-order valence-electron chi connectivity index (χ1n) is 9.13. The van der Waals surface area contributed by atoms with Crippen LogP contribution in [0.25, 0.3) is 6.08 Å². The van der Waals surface area contributed by atoms with Crippen LogP contribution in [0.5, 0.6) is 11.5 Å². The van der Waals surface area contributed by atoms with Crippen LogP contribution in [0.2, 0.25) is 0 Å². The van der Waals surface area contributed by atoms with Crippen LogP contribution in [-0.2, 0) is 0 Å². The second kappa shape index (κ2) is 8.16. The molecule has 0 atom stereocenters. The van der Waals surface area contributed by atoms with E-state index in [0.29, 0.717) is 28.0 Å². The zero-order valence-electron chi connectivity index (χ0n) is 16.1. The van der Waals surface area contributed by atoms with Crippen LogP contribution in [0.1, 0.15) is 31.8 Å². The summed E-state index contributed by atoms with van der Waals surface area (Å²) < 4.78 is 12.1. The molecule has 3 aromatic carbocycles. The highest BCUT2D eigenvalue weighted by molar-refractivity contribution is 9.10. The maximum atomic E-state index is 12.7. The number of halogens is 1. The van der Waals surface area contributed by atoms with Crippen molar-refractivity contribution in [2.45, 2.75) is 6.92 Å². The van der Waals surface area contributed by atoms with E-state index in [4.69, 9.17) is 9.47 Å². The van der Waals surface area contributed by atoms with Gasteiger partial charge in [0.15, 0.2) is 5.76 Å². The molecular weight excluding hydrogens is 466 g/mol. The lowest BCUT2D eigenvalue weighted by molar-refractivity contribution is -0.384. The Morgan fingerprint density at radius 3 is 2.39 bits per heavy atom. The van der Waals surface area contributed by atoms with Crippen molar-refractivity contribution in [3.63, 3.8) is 0 Å². The number of non-ortho nitro benzene ring substituents is 1. The summed E-state index contributed by atoms with van der Waals surface area (Å²) in [7, 11) is 0. The molecule has 1 aliphatic heterocycles. The number of carbonyl (C=O) groups excluding carboxylic acids is 2. The molecular formula is C23H14BrNO6. The molecule has 0 amide bonds.